The lowest BCUT2D eigenvalue weighted by molar-refractivity contribution is -0.136. The molecule has 3 aromatic rings. The van der Waals surface area contributed by atoms with Gasteiger partial charge < -0.3 is 10.0 Å². The van der Waals surface area contributed by atoms with Crippen molar-refractivity contribution in [2.45, 2.75) is 25.5 Å². The molecule has 0 spiro atoms. The highest BCUT2D eigenvalue weighted by Crippen LogP contribution is 2.45. The molecule has 1 aliphatic rings. The first-order valence-corrected chi connectivity index (χ1v) is 11.1. The van der Waals surface area contributed by atoms with E-state index in [0.29, 0.717) is 36.9 Å². The van der Waals surface area contributed by atoms with Crippen molar-refractivity contribution in [2.75, 3.05) is 4.90 Å². The molecule has 0 saturated carbocycles. The number of nitrogens with zero attached hydrogens (tertiary/aromatic N) is 1. The number of Topliss-reactive ketones (excluding diaryl/α,β-unsaturated/α-hetero) is 1. The van der Waals surface area contributed by atoms with E-state index in [-0.39, 0.29) is 18.7 Å². The molecule has 31 heavy (non-hydrogen) atoms. The van der Waals surface area contributed by atoms with E-state index in [9.17, 15) is 14.7 Å². The van der Waals surface area contributed by atoms with Gasteiger partial charge in [0.2, 0.25) is 0 Å². The van der Waals surface area contributed by atoms with E-state index in [1.165, 1.54) is 4.90 Å². The monoisotopic (exact) mass is 517 g/mol. The lowest BCUT2D eigenvalue weighted by atomic mass is 9.88. The van der Waals surface area contributed by atoms with Crippen LogP contribution in [0.3, 0.4) is 0 Å². The number of rotatable bonds is 5. The summed E-state index contributed by atoms with van der Waals surface area (Å²) in [4.78, 5) is 27.8. The minimum Gasteiger partial charge on any atom is -0.375 e. The Kier molecular flexibility index (Phi) is 5.97. The molecule has 4 nitrogen and oxygen atoms in total. The molecule has 1 heterocycles. The fraction of sp³-hybridized carbons (Fsp3) is 0.167. The van der Waals surface area contributed by atoms with Crippen LogP contribution in [-0.4, -0.2) is 16.8 Å². The predicted octanol–water partition coefficient (Wildman–Crippen LogP) is 6.07. The molecule has 158 valence electrons. The number of hydrogen-bond acceptors (Lipinski definition) is 3. The summed E-state index contributed by atoms with van der Waals surface area (Å²) in [7, 11) is 0. The average Bonchev–Trinajstić information content (AvgIpc) is 2.92. The molecule has 0 radical (unpaired) electrons. The molecule has 1 atom stereocenters. The molecule has 0 fully saturated rings. The van der Waals surface area contributed by atoms with Gasteiger partial charge in [-0.2, -0.15) is 0 Å². The number of amides is 1. The summed E-state index contributed by atoms with van der Waals surface area (Å²) >= 11 is 15.7. The predicted molar refractivity (Wildman–Crippen MR) is 126 cm³/mol. The van der Waals surface area contributed by atoms with Crippen molar-refractivity contribution in [1.82, 2.24) is 0 Å². The molecular formula is C24H18BrCl2NO3. The van der Waals surface area contributed by atoms with Crippen LogP contribution < -0.4 is 4.90 Å². The topological polar surface area (TPSA) is 57.6 Å². The van der Waals surface area contributed by atoms with Gasteiger partial charge in [0, 0.05) is 25.6 Å². The number of aliphatic hydroxyl groups is 1. The largest absolute Gasteiger partial charge is 0.375 e. The fourth-order valence-electron chi connectivity index (χ4n) is 3.74. The van der Waals surface area contributed by atoms with Crippen molar-refractivity contribution in [3.05, 3.63) is 97.4 Å². The third-order valence-corrected chi connectivity index (χ3v) is 6.51. The second kappa shape index (κ2) is 8.40. The van der Waals surface area contributed by atoms with E-state index < -0.39 is 11.5 Å². The highest BCUT2D eigenvalue weighted by molar-refractivity contribution is 9.10. The Morgan fingerprint density at radius 3 is 2.45 bits per heavy atom. The zero-order chi connectivity index (χ0) is 22.3. The summed E-state index contributed by atoms with van der Waals surface area (Å²) in [6.45, 7) is 2.07. The number of aryl methyl sites for hydroxylation is 1. The molecule has 4 rings (SSSR count). The molecule has 0 aliphatic carbocycles. The zero-order valence-electron chi connectivity index (χ0n) is 16.5. The number of anilines is 1. The molecule has 0 aromatic heterocycles. The number of fused-ring (bicyclic) bond motifs is 1. The van der Waals surface area contributed by atoms with Gasteiger partial charge in [-0.3, -0.25) is 9.59 Å². The number of benzene rings is 3. The molecular weight excluding hydrogens is 501 g/mol. The van der Waals surface area contributed by atoms with Crippen LogP contribution in [0.15, 0.2) is 65.1 Å². The van der Waals surface area contributed by atoms with Crippen molar-refractivity contribution in [3.8, 4) is 0 Å². The standard InChI is InChI=1S/C24H18BrCl2NO3/c1-14-2-4-15(5-3-14)22(29)12-24(31)19-10-17(25)7-9-21(19)28(23(24)30)13-16-6-8-18(26)11-20(16)27/h2-11,31H,12-13H2,1H3. The molecule has 0 saturated heterocycles. The Balaban J connectivity index is 1.71. The van der Waals surface area contributed by atoms with Crippen LogP contribution >= 0.6 is 39.1 Å². The van der Waals surface area contributed by atoms with E-state index in [2.05, 4.69) is 15.9 Å². The van der Waals surface area contributed by atoms with Crippen molar-refractivity contribution in [1.29, 1.82) is 0 Å². The van der Waals surface area contributed by atoms with Gasteiger partial charge in [0.05, 0.1) is 18.7 Å². The Labute approximate surface area is 198 Å². The van der Waals surface area contributed by atoms with Crippen molar-refractivity contribution < 1.29 is 14.7 Å². The quantitative estimate of drug-likeness (QED) is 0.417. The van der Waals surface area contributed by atoms with Crippen LogP contribution in [0.5, 0.6) is 0 Å². The third kappa shape index (κ3) is 4.15. The van der Waals surface area contributed by atoms with Crippen LogP contribution in [0, 0.1) is 6.92 Å². The maximum absolute atomic E-state index is 13.4. The summed E-state index contributed by atoms with van der Waals surface area (Å²) in [6, 6.07) is 17.3. The Hall–Kier alpha value is -2.18. The summed E-state index contributed by atoms with van der Waals surface area (Å²) in [5, 5.41) is 12.4. The van der Waals surface area contributed by atoms with Crippen molar-refractivity contribution in [2.24, 2.45) is 0 Å². The number of halogens is 3. The average molecular weight is 519 g/mol. The lowest BCUT2D eigenvalue weighted by Gasteiger charge is -2.23. The maximum atomic E-state index is 13.4. The van der Waals surface area contributed by atoms with Gasteiger partial charge in [-0.05, 0) is 42.8 Å². The van der Waals surface area contributed by atoms with Crippen LogP contribution in [-0.2, 0) is 16.9 Å². The molecule has 1 aliphatic heterocycles. The van der Waals surface area contributed by atoms with E-state index in [1.807, 2.05) is 19.1 Å². The molecule has 0 bridgehead atoms. The minimum atomic E-state index is -1.97. The molecule has 7 heteroatoms. The van der Waals surface area contributed by atoms with Crippen LogP contribution in [0.4, 0.5) is 5.69 Å². The maximum Gasteiger partial charge on any atom is 0.264 e. The second-order valence-corrected chi connectivity index (χ2v) is 9.37. The first-order valence-electron chi connectivity index (χ1n) is 9.57. The second-order valence-electron chi connectivity index (χ2n) is 7.61. The normalized spacial score (nSPS) is 17.7. The first-order chi connectivity index (χ1) is 14.7. The Morgan fingerprint density at radius 2 is 1.77 bits per heavy atom. The minimum absolute atomic E-state index is 0.143. The lowest BCUT2D eigenvalue weighted by Crippen LogP contribution is -2.41. The van der Waals surface area contributed by atoms with E-state index in [4.69, 9.17) is 23.2 Å². The van der Waals surface area contributed by atoms with Crippen molar-refractivity contribution in [3.63, 3.8) is 0 Å². The van der Waals surface area contributed by atoms with Crippen LogP contribution in [0.25, 0.3) is 0 Å². The summed E-state index contributed by atoms with van der Waals surface area (Å²) in [5.74, 6) is -0.875. The summed E-state index contributed by atoms with van der Waals surface area (Å²) in [5.41, 5.74) is 1.10. The number of carbonyl (C=O) groups excluding carboxylic acids is 2. The van der Waals surface area contributed by atoms with Gasteiger partial charge in [-0.15, -0.1) is 0 Å². The molecule has 1 N–H and O–H groups in total. The van der Waals surface area contributed by atoms with Gasteiger partial charge in [-0.25, -0.2) is 0 Å². The third-order valence-electron chi connectivity index (χ3n) is 5.43. The number of ketones is 1. The van der Waals surface area contributed by atoms with Gasteiger partial charge in [0.1, 0.15) is 0 Å². The number of hydrogen-bond donors (Lipinski definition) is 1. The van der Waals surface area contributed by atoms with E-state index in [1.54, 1.807) is 48.5 Å². The highest BCUT2D eigenvalue weighted by Gasteiger charge is 2.51. The summed E-state index contributed by atoms with van der Waals surface area (Å²) < 4.78 is 0.701. The van der Waals surface area contributed by atoms with Gasteiger partial charge >= 0.3 is 0 Å². The Bertz CT molecular complexity index is 1200. The SMILES string of the molecule is Cc1ccc(C(=O)CC2(O)C(=O)N(Cc3ccc(Cl)cc3Cl)c3ccc(Br)cc32)cc1. The van der Waals surface area contributed by atoms with Crippen LogP contribution in [0.2, 0.25) is 10.0 Å². The van der Waals surface area contributed by atoms with Crippen molar-refractivity contribution >= 4 is 56.5 Å². The first kappa shape index (κ1) is 22.0. The van der Waals surface area contributed by atoms with Gasteiger partial charge in [-0.1, -0.05) is 75.0 Å². The molecule has 3 aromatic carbocycles. The zero-order valence-corrected chi connectivity index (χ0v) is 19.6. The van der Waals surface area contributed by atoms with Crippen LogP contribution in [0.1, 0.15) is 33.5 Å². The molecule has 1 unspecified atom stereocenters. The van der Waals surface area contributed by atoms with E-state index in [0.717, 1.165) is 5.56 Å². The fourth-order valence-corrected chi connectivity index (χ4v) is 4.57. The van der Waals surface area contributed by atoms with Gasteiger partial charge in [0.15, 0.2) is 11.4 Å². The summed E-state index contributed by atoms with van der Waals surface area (Å²) in [6.07, 6.45) is -0.358. The van der Waals surface area contributed by atoms with E-state index >= 15 is 0 Å². The highest BCUT2D eigenvalue weighted by atomic mass is 79.9. The molecule has 1 amide bonds. The Morgan fingerprint density at radius 1 is 1.06 bits per heavy atom. The van der Waals surface area contributed by atoms with Gasteiger partial charge in [0.25, 0.3) is 5.91 Å². The number of carbonyl (C=O) groups is 2. The smallest absolute Gasteiger partial charge is 0.264 e.